The highest BCUT2D eigenvalue weighted by Crippen LogP contribution is 2.37. The number of hydrogen-bond donors (Lipinski definition) is 1. The van der Waals surface area contributed by atoms with Gasteiger partial charge in [-0.15, -0.1) is 0 Å². The van der Waals surface area contributed by atoms with Gasteiger partial charge in [0.2, 0.25) is 5.91 Å². The smallest absolute Gasteiger partial charge is 0.232 e. The predicted octanol–water partition coefficient (Wildman–Crippen LogP) is 3.59. The van der Waals surface area contributed by atoms with Crippen LogP contribution in [0.2, 0.25) is 0 Å². The molecule has 3 rings (SSSR count). The standard InChI is InChI=1S/C18H19NO2/c1-11-8-12(2)17-15(9-11)16(18(20)19-17)10-13-4-6-14(21-3)7-5-13/h4-9,16H,10H2,1-3H3,(H,19,20)/t16-/m1/s1. The van der Waals surface area contributed by atoms with E-state index in [4.69, 9.17) is 4.74 Å². The second-order valence-corrected chi connectivity index (χ2v) is 5.64. The highest BCUT2D eigenvalue weighted by atomic mass is 16.5. The van der Waals surface area contributed by atoms with E-state index in [0.29, 0.717) is 6.42 Å². The average Bonchev–Trinajstić information content (AvgIpc) is 2.77. The summed E-state index contributed by atoms with van der Waals surface area (Å²) < 4.78 is 5.17. The molecule has 1 N–H and O–H groups in total. The molecule has 0 fully saturated rings. The molecule has 2 aromatic rings. The van der Waals surface area contributed by atoms with Gasteiger partial charge < -0.3 is 10.1 Å². The summed E-state index contributed by atoms with van der Waals surface area (Å²) in [5, 5.41) is 3.02. The van der Waals surface area contributed by atoms with E-state index in [1.807, 2.05) is 31.2 Å². The number of carbonyl (C=O) groups is 1. The van der Waals surface area contributed by atoms with Gasteiger partial charge in [-0.05, 0) is 49.1 Å². The molecule has 1 aliphatic rings. The van der Waals surface area contributed by atoms with Crippen LogP contribution in [0.15, 0.2) is 36.4 Å². The molecular weight excluding hydrogens is 262 g/mol. The highest BCUT2D eigenvalue weighted by Gasteiger charge is 2.31. The average molecular weight is 281 g/mol. The fourth-order valence-electron chi connectivity index (χ4n) is 3.00. The van der Waals surface area contributed by atoms with Gasteiger partial charge in [0, 0.05) is 5.69 Å². The molecule has 0 bridgehead atoms. The van der Waals surface area contributed by atoms with Crippen LogP contribution in [-0.2, 0) is 11.2 Å². The number of benzene rings is 2. The van der Waals surface area contributed by atoms with Crippen molar-refractivity contribution in [2.45, 2.75) is 26.2 Å². The molecule has 1 heterocycles. The Kier molecular flexibility index (Phi) is 3.42. The normalized spacial score (nSPS) is 16.5. The van der Waals surface area contributed by atoms with E-state index in [9.17, 15) is 4.79 Å². The topological polar surface area (TPSA) is 38.3 Å². The molecule has 108 valence electrons. The first kappa shape index (κ1) is 13.7. The lowest BCUT2D eigenvalue weighted by Gasteiger charge is -2.11. The van der Waals surface area contributed by atoms with E-state index in [1.165, 1.54) is 5.56 Å². The first-order valence-electron chi connectivity index (χ1n) is 7.13. The Morgan fingerprint density at radius 2 is 1.86 bits per heavy atom. The van der Waals surface area contributed by atoms with Gasteiger partial charge in [0.15, 0.2) is 0 Å². The van der Waals surface area contributed by atoms with Gasteiger partial charge in [0.25, 0.3) is 0 Å². The zero-order valence-corrected chi connectivity index (χ0v) is 12.6. The van der Waals surface area contributed by atoms with E-state index in [0.717, 1.165) is 28.1 Å². The zero-order valence-electron chi connectivity index (χ0n) is 12.6. The van der Waals surface area contributed by atoms with Crippen LogP contribution in [0.5, 0.6) is 5.75 Å². The molecule has 3 nitrogen and oxygen atoms in total. The van der Waals surface area contributed by atoms with Crippen molar-refractivity contribution in [3.05, 3.63) is 58.7 Å². The van der Waals surface area contributed by atoms with Crippen molar-refractivity contribution in [3.8, 4) is 5.75 Å². The fourth-order valence-corrected chi connectivity index (χ4v) is 3.00. The Morgan fingerprint density at radius 1 is 1.14 bits per heavy atom. The van der Waals surface area contributed by atoms with Crippen LogP contribution in [0, 0.1) is 13.8 Å². The fraction of sp³-hybridized carbons (Fsp3) is 0.278. The molecule has 0 spiro atoms. The number of anilines is 1. The Hall–Kier alpha value is -2.29. The Balaban J connectivity index is 1.91. The molecule has 3 heteroatoms. The van der Waals surface area contributed by atoms with Crippen molar-refractivity contribution < 1.29 is 9.53 Å². The number of aryl methyl sites for hydroxylation is 2. The number of ether oxygens (including phenoxy) is 1. The second-order valence-electron chi connectivity index (χ2n) is 5.64. The van der Waals surface area contributed by atoms with Gasteiger partial charge in [0.1, 0.15) is 5.75 Å². The second kappa shape index (κ2) is 5.24. The summed E-state index contributed by atoms with van der Waals surface area (Å²) in [7, 11) is 1.65. The van der Waals surface area contributed by atoms with Crippen molar-refractivity contribution in [2.75, 3.05) is 12.4 Å². The summed E-state index contributed by atoms with van der Waals surface area (Å²) in [6.45, 7) is 4.11. The van der Waals surface area contributed by atoms with Crippen LogP contribution in [-0.4, -0.2) is 13.0 Å². The van der Waals surface area contributed by atoms with Gasteiger partial charge in [0.05, 0.1) is 13.0 Å². The van der Waals surface area contributed by atoms with Crippen LogP contribution in [0.4, 0.5) is 5.69 Å². The number of nitrogens with one attached hydrogen (secondary N) is 1. The van der Waals surface area contributed by atoms with Gasteiger partial charge in [-0.2, -0.15) is 0 Å². The van der Waals surface area contributed by atoms with Crippen molar-refractivity contribution in [3.63, 3.8) is 0 Å². The third kappa shape index (κ3) is 2.51. The lowest BCUT2D eigenvalue weighted by Crippen LogP contribution is -2.14. The summed E-state index contributed by atoms with van der Waals surface area (Å²) in [5.41, 5.74) is 5.58. The van der Waals surface area contributed by atoms with Gasteiger partial charge in [-0.25, -0.2) is 0 Å². The number of carbonyl (C=O) groups excluding carboxylic acids is 1. The summed E-state index contributed by atoms with van der Waals surface area (Å²) in [5.74, 6) is 0.822. The molecule has 0 saturated carbocycles. The van der Waals surface area contributed by atoms with Crippen LogP contribution >= 0.6 is 0 Å². The van der Waals surface area contributed by atoms with E-state index in [-0.39, 0.29) is 11.8 Å². The highest BCUT2D eigenvalue weighted by molar-refractivity contribution is 6.04. The number of fused-ring (bicyclic) bond motifs is 1. The third-order valence-corrected chi connectivity index (χ3v) is 4.05. The largest absolute Gasteiger partial charge is 0.497 e. The zero-order chi connectivity index (χ0) is 15.0. The lowest BCUT2D eigenvalue weighted by atomic mass is 9.91. The summed E-state index contributed by atoms with van der Waals surface area (Å²) in [6, 6.07) is 12.1. The van der Waals surface area contributed by atoms with Crippen molar-refractivity contribution in [2.24, 2.45) is 0 Å². The van der Waals surface area contributed by atoms with Gasteiger partial charge in [-0.1, -0.05) is 29.8 Å². The van der Waals surface area contributed by atoms with Crippen LogP contribution in [0.25, 0.3) is 0 Å². The molecule has 0 unspecified atom stereocenters. The van der Waals surface area contributed by atoms with Gasteiger partial charge >= 0.3 is 0 Å². The van der Waals surface area contributed by atoms with Crippen LogP contribution in [0.3, 0.4) is 0 Å². The summed E-state index contributed by atoms with van der Waals surface area (Å²) >= 11 is 0. The molecule has 0 aromatic heterocycles. The van der Waals surface area contributed by atoms with Crippen LogP contribution in [0.1, 0.15) is 28.2 Å². The van der Waals surface area contributed by atoms with E-state index < -0.39 is 0 Å². The Bertz CT molecular complexity index is 689. The van der Waals surface area contributed by atoms with Crippen molar-refractivity contribution in [1.82, 2.24) is 0 Å². The quantitative estimate of drug-likeness (QED) is 0.933. The Labute approximate surface area is 124 Å². The number of hydrogen-bond acceptors (Lipinski definition) is 2. The predicted molar refractivity (Wildman–Crippen MR) is 84.0 cm³/mol. The minimum atomic E-state index is -0.105. The molecule has 0 saturated heterocycles. The molecule has 1 aliphatic heterocycles. The maximum atomic E-state index is 12.3. The first-order chi connectivity index (χ1) is 10.1. The maximum absolute atomic E-state index is 12.3. The minimum Gasteiger partial charge on any atom is -0.497 e. The van der Waals surface area contributed by atoms with E-state index in [1.54, 1.807) is 7.11 Å². The number of methoxy groups -OCH3 is 1. The lowest BCUT2D eigenvalue weighted by molar-refractivity contribution is -0.117. The van der Waals surface area contributed by atoms with Crippen molar-refractivity contribution >= 4 is 11.6 Å². The number of rotatable bonds is 3. The van der Waals surface area contributed by atoms with E-state index >= 15 is 0 Å². The monoisotopic (exact) mass is 281 g/mol. The molecular formula is C18H19NO2. The third-order valence-electron chi connectivity index (χ3n) is 4.05. The minimum absolute atomic E-state index is 0.0921. The van der Waals surface area contributed by atoms with Crippen molar-refractivity contribution in [1.29, 1.82) is 0 Å². The van der Waals surface area contributed by atoms with E-state index in [2.05, 4.69) is 24.4 Å². The maximum Gasteiger partial charge on any atom is 0.232 e. The molecule has 0 aliphatic carbocycles. The summed E-state index contributed by atoms with van der Waals surface area (Å²) in [6.07, 6.45) is 0.714. The number of amides is 1. The SMILES string of the molecule is COc1ccc(C[C@H]2C(=O)Nc3c(C)cc(C)cc32)cc1. The molecule has 1 atom stereocenters. The van der Waals surface area contributed by atoms with Gasteiger partial charge in [-0.3, -0.25) is 4.79 Å². The van der Waals surface area contributed by atoms with Crippen LogP contribution < -0.4 is 10.1 Å². The molecule has 2 aromatic carbocycles. The summed E-state index contributed by atoms with van der Waals surface area (Å²) in [4.78, 5) is 12.3. The molecule has 21 heavy (non-hydrogen) atoms. The first-order valence-corrected chi connectivity index (χ1v) is 7.13. The molecule has 1 amide bonds. The Morgan fingerprint density at radius 3 is 2.52 bits per heavy atom. The molecule has 0 radical (unpaired) electrons.